The van der Waals surface area contributed by atoms with E-state index in [1.54, 1.807) is 26.1 Å². The van der Waals surface area contributed by atoms with Gasteiger partial charge in [0.25, 0.3) is 5.56 Å². The average molecular weight is 540 g/mol. The van der Waals surface area contributed by atoms with Gasteiger partial charge in [0.05, 0.1) is 11.9 Å². The second-order valence-electron chi connectivity index (χ2n) is 9.85. The van der Waals surface area contributed by atoms with Crippen molar-refractivity contribution in [2.24, 2.45) is 0 Å². The summed E-state index contributed by atoms with van der Waals surface area (Å²) in [6, 6.07) is 4.42. The molecule has 0 amide bonds. The molecule has 1 aliphatic carbocycles. The van der Waals surface area contributed by atoms with Crippen molar-refractivity contribution in [1.29, 1.82) is 0 Å². The number of hydrogen-bond acceptors (Lipinski definition) is 5. The zero-order valence-electron chi connectivity index (χ0n) is 21.2. The molecule has 1 fully saturated rings. The van der Waals surface area contributed by atoms with E-state index in [0.29, 0.717) is 23.2 Å². The Morgan fingerprint density at radius 3 is 2.53 bits per heavy atom. The Hall–Kier alpha value is -3.72. The van der Waals surface area contributed by atoms with Crippen LogP contribution in [0.25, 0.3) is 16.9 Å². The lowest BCUT2D eigenvalue weighted by Crippen LogP contribution is -2.24. The van der Waals surface area contributed by atoms with Crippen molar-refractivity contribution in [3.63, 3.8) is 0 Å². The number of aromatic nitrogens is 4. The number of anilines is 1. The van der Waals surface area contributed by atoms with Crippen LogP contribution in [-0.4, -0.2) is 25.6 Å². The minimum absolute atomic E-state index is 0.0142. The number of pyridine rings is 4. The first kappa shape index (κ1) is 25.9. The number of aryl methyl sites for hydroxylation is 2. The van der Waals surface area contributed by atoms with Crippen LogP contribution in [0.5, 0.6) is 0 Å². The van der Waals surface area contributed by atoms with Crippen LogP contribution in [-0.2, 0) is 0 Å². The largest absolute Gasteiger partial charge is 0.365 e. The molecule has 0 aliphatic heterocycles. The summed E-state index contributed by atoms with van der Waals surface area (Å²) in [5.74, 6) is -2.14. The van der Waals surface area contributed by atoms with Gasteiger partial charge in [-0.15, -0.1) is 0 Å². The standard InChI is InChI=1S/C28H25ClF3N5O/c1-13(2)36-27-23(31)18(5-6-34-27)25-24(32)26(14(3)10-35-25)37-15(4)7-21(22(29)28(37)38)20-9-19(20)16-8-17(30)12-33-11-16/h5-8,10-13,19-20H,9H2,1-4H3,(H,34,36)/t19-,20+/m1/s1. The van der Waals surface area contributed by atoms with Crippen molar-refractivity contribution in [3.8, 4) is 16.9 Å². The molecule has 4 aromatic heterocycles. The fourth-order valence-electron chi connectivity index (χ4n) is 4.85. The first-order valence-corrected chi connectivity index (χ1v) is 12.6. The molecular formula is C28H25ClF3N5O. The molecule has 0 spiro atoms. The van der Waals surface area contributed by atoms with Gasteiger partial charge in [-0.2, -0.15) is 0 Å². The van der Waals surface area contributed by atoms with Crippen LogP contribution in [0.15, 0.2) is 47.8 Å². The van der Waals surface area contributed by atoms with E-state index in [1.165, 1.54) is 29.1 Å². The molecule has 196 valence electrons. The van der Waals surface area contributed by atoms with E-state index in [4.69, 9.17) is 11.6 Å². The molecule has 0 aromatic carbocycles. The molecule has 0 radical (unpaired) electrons. The number of rotatable bonds is 6. The second-order valence-corrected chi connectivity index (χ2v) is 10.2. The minimum atomic E-state index is -0.852. The number of nitrogens with zero attached hydrogens (tertiary/aromatic N) is 4. The first-order valence-electron chi connectivity index (χ1n) is 12.2. The van der Waals surface area contributed by atoms with Crippen LogP contribution in [0.2, 0.25) is 5.02 Å². The third kappa shape index (κ3) is 4.55. The van der Waals surface area contributed by atoms with Gasteiger partial charge in [0.2, 0.25) is 0 Å². The maximum absolute atomic E-state index is 16.0. The zero-order chi connectivity index (χ0) is 27.3. The Labute approximate surface area is 222 Å². The topological polar surface area (TPSA) is 72.7 Å². The Morgan fingerprint density at radius 2 is 1.82 bits per heavy atom. The fourth-order valence-corrected chi connectivity index (χ4v) is 5.13. The van der Waals surface area contributed by atoms with Crippen molar-refractivity contribution in [1.82, 2.24) is 19.5 Å². The molecule has 1 saturated carbocycles. The molecule has 4 heterocycles. The van der Waals surface area contributed by atoms with Gasteiger partial charge >= 0.3 is 0 Å². The lowest BCUT2D eigenvalue weighted by molar-refractivity contribution is 0.600. The summed E-state index contributed by atoms with van der Waals surface area (Å²) in [5.41, 5.74) is 1.21. The van der Waals surface area contributed by atoms with E-state index < -0.39 is 23.0 Å². The Balaban J connectivity index is 1.59. The van der Waals surface area contributed by atoms with Gasteiger partial charge in [-0.25, -0.2) is 18.2 Å². The summed E-state index contributed by atoms with van der Waals surface area (Å²) < 4.78 is 46.1. The quantitative estimate of drug-likeness (QED) is 0.304. The van der Waals surface area contributed by atoms with Gasteiger partial charge < -0.3 is 5.32 Å². The van der Waals surface area contributed by atoms with Crippen LogP contribution in [0.1, 0.15) is 54.5 Å². The predicted molar refractivity (Wildman–Crippen MR) is 141 cm³/mol. The predicted octanol–water partition coefficient (Wildman–Crippen LogP) is 6.47. The van der Waals surface area contributed by atoms with Crippen LogP contribution in [0.4, 0.5) is 19.0 Å². The summed E-state index contributed by atoms with van der Waals surface area (Å²) in [7, 11) is 0. The van der Waals surface area contributed by atoms with Crippen LogP contribution in [0, 0.1) is 31.3 Å². The highest BCUT2D eigenvalue weighted by atomic mass is 35.5. The minimum Gasteiger partial charge on any atom is -0.365 e. The van der Waals surface area contributed by atoms with Crippen LogP contribution >= 0.6 is 11.6 Å². The molecule has 2 atom stereocenters. The molecule has 5 rings (SSSR count). The summed E-state index contributed by atoms with van der Waals surface area (Å²) >= 11 is 6.56. The molecule has 1 N–H and O–H groups in total. The number of halogens is 4. The van der Waals surface area contributed by atoms with Crippen molar-refractivity contribution < 1.29 is 13.2 Å². The maximum atomic E-state index is 16.0. The maximum Gasteiger partial charge on any atom is 0.274 e. The van der Waals surface area contributed by atoms with Crippen LogP contribution in [0.3, 0.4) is 0 Å². The smallest absolute Gasteiger partial charge is 0.274 e. The third-order valence-electron chi connectivity index (χ3n) is 6.68. The molecule has 4 aromatic rings. The summed E-state index contributed by atoms with van der Waals surface area (Å²) in [5, 5.41) is 2.85. The van der Waals surface area contributed by atoms with Crippen LogP contribution < -0.4 is 10.9 Å². The Kier molecular flexibility index (Phi) is 6.73. The highest BCUT2D eigenvalue weighted by Crippen LogP contribution is 2.55. The van der Waals surface area contributed by atoms with Gasteiger partial charge in [0.1, 0.15) is 16.5 Å². The van der Waals surface area contributed by atoms with E-state index in [0.717, 1.165) is 11.8 Å². The van der Waals surface area contributed by atoms with Crippen molar-refractivity contribution >= 4 is 17.4 Å². The fraction of sp³-hybridized carbons (Fsp3) is 0.286. The Bertz CT molecular complexity index is 1620. The number of nitrogens with one attached hydrogen (secondary N) is 1. The van der Waals surface area contributed by atoms with Crippen molar-refractivity contribution in [3.05, 3.63) is 98.2 Å². The lowest BCUT2D eigenvalue weighted by atomic mass is 10.0. The highest BCUT2D eigenvalue weighted by Gasteiger charge is 2.42. The molecule has 6 nitrogen and oxygen atoms in total. The third-order valence-corrected chi connectivity index (χ3v) is 7.06. The average Bonchev–Trinajstić information content (AvgIpc) is 3.66. The van der Waals surface area contributed by atoms with E-state index in [9.17, 15) is 9.18 Å². The lowest BCUT2D eigenvalue weighted by Gasteiger charge is -2.18. The molecule has 0 bridgehead atoms. The SMILES string of the molecule is Cc1cnc(-c2ccnc(NC(C)C)c2F)c(F)c1-n1c(C)cc([C@H]2C[C@@H]2c2cncc(F)c2)c(Cl)c1=O. The van der Waals surface area contributed by atoms with E-state index in [-0.39, 0.29) is 45.7 Å². The summed E-state index contributed by atoms with van der Waals surface area (Å²) in [6.07, 6.45) is 6.19. The molecule has 10 heteroatoms. The van der Waals surface area contributed by atoms with E-state index in [2.05, 4.69) is 20.3 Å². The molecule has 0 saturated heterocycles. The molecule has 38 heavy (non-hydrogen) atoms. The Morgan fingerprint density at radius 1 is 1.05 bits per heavy atom. The van der Waals surface area contributed by atoms with Gasteiger partial charge in [0, 0.05) is 35.9 Å². The summed E-state index contributed by atoms with van der Waals surface area (Å²) in [4.78, 5) is 25.6. The van der Waals surface area contributed by atoms with E-state index >= 15 is 8.78 Å². The molecule has 1 aliphatic rings. The monoisotopic (exact) mass is 539 g/mol. The van der Waals surface area contributed by atoms with Crippen molar-refractivity contribution in [2.45, 2.75) is 52.0 Å². The van der Waals surface area contributed by atoms with Gasteiger partial charge in [-0.05, 0) is 80.8 Å². The number of hydrogen-bond donors (Lipinski definition) is 1. The zero-order valence-corrected chi connectivity index (χ0v) is 21.9. The second kappa shape index (κ2) is 9.87. The first-order chi connectivity index (χ1) is 18.1. The normalized spacial score (nSPS) is 16.7. The van der Waals surface area contributed by atoms with Crippen molar-refractivity contribution in [2.75, 3.05) is 5.32 Å². The van der Waals surface area contributed by atoms with Gasteiger partial charge in [-0.1, -0.05) is 11.6 Å². The van der Waals surface area contributed by atoms with E-state index in [1.807, 2.05) is 13.8 Å². The van der Waals surface area contributed by atoms with Gasteiger partial charge in [0.15, 0.2) is 17.5 Å². The highest BCUT2D eigenvalue weighted by molar-refractivity contribution is 6.31. The summed E-state index contributed by atoms with van der Waals surface area (Å²) in [6.45, 7) is 6.96. The van der Waals surface area contributed by atoms with Gasteiger partial charge in [-0.3, -0.25) is 19.3 Å². The molecular weight excluding hydrogens is 515 g/mol. The molecule has 0 unspecified atom stereocenters.